The van der Waals surface area contributed by atoms with Gasteiger partial charge in [0, 0.05) is 76.5 Å². The first-order chi connectivity index (χ1) is 24.1. The van der Waals surface area contributed by atoms with E-state index in [1.54, 1.807) is 43.1 Å². The average molecular weight is 708 g/mol. The molecule has 6 rings (SSSR count). The Bertz CT molecular complexity index is 1930. The maximum absolute atomic E-state index is 14.1. The van der Waals surface area contributed by atoms with Crippen LogP contribution in [-0.4, -0.2) is 117 Å². The molecule has 0 unspecified atom stereocenters. The third kappa shape index (κ3) is 7.45. The molecule has 0 saturated carbocycles. The Hall–Kier alpha value is -5.25. The highest BCUT2D eigenvalue weighted by Gasteiger charge is 2.39. The summed E-state index contributed by atoms with van der Waals surface area (Å²) in [6.07, 6.45) is 0.845. The first kappa shape index (κ1) is 35.6. The molecule has 0 radical (unpaired) electrons. The maximum Gasteiger partial charge on any atom is 0.435 e. The summed E-state index contributed by atoms with van der Waals surface area (Å²) in [5, 5.41) is 9.41. The fraction of sp³-hybridized carbons (Fsp3) is 0.429. The van der Waals surface area contributed by atoms with Crippen LogP contribution in [0, 0.1) is 12.8 Å². The number of amides is 3. The number of aryl methyl sites for hydroxylation is 1. The van der Waals surface area contributed by atoms with Crippen molar-refractivity contribution in [3.8, 4) is 17.1 Å². The minimum Gasteiger partial charge on any atom is -0.387 e. The van der Waals surface area contributed by atoms with Gasteiger partial charge in [-0.1, -0.05) is 0 Å². The third-order valence-electron chi connectivity index (χ3n) is 9.83. The number of imidazole rings is 1. The van der Waals surface area contributed by atoms with E-state index in [1.807, 2.05) is 4.90 Å². The number of halogens is 3. The number of aromatic nitrogens is 5. The van der Waals surface area contributed by atoms with Crippen LogP contribution < -0.4 is 10.6 Å². The first-order valence-electron chi connectivity index (χ1n) is 16.8. The van der Waals surface area contributed by atoms with Crippen molar-refractivity contribution in [1.82, 2.24) is 34.1 Å². The van der Waals surface area contributed by atoms with Crippen molar-refractivity contribution in [2.45, 2.75) is 25.9 Å². The van der Waals surface area contributed by atoms with Gasteiger partial charge in [-0.25, -0.2) is 14.6 Å². The van der Waals surface area contributed by atoms with E-state index in [1.165, 1.54) is 36.3 Å². The van der Waals surface area contributed by atoms with Gasteiger partial charge in [0.1, 0.15) is 0 Å². The van der Waals surface area contributed by atoms with Crippen LogP contribution in [0.15, 0.2) is 48.9 Å². The second kappa shape index (κ2) is 13.8. The Labute approximate surface area is 293 Å². The highest BCUT2D eigenvalue weighted by molar-refractivity contribution is 6.03. The van der Waals surface area contributed by atoms with Crippen molar-refractivity contribution < 1.29 is 32.0 Å². The molecule has 3 amide bonds. The first-order valence-corrected chi connectivity index (χ1v) is 16.8. The molecule has 2 saturated heterocycles. The number of nitrogens with one attached hydrogen (secondary N) is 2. The van der Waals surface area contributed by atoms with E-state index in [2.05, 4.69) is 39.8 Å². The summed E-state index contributed by atoms with van der Waals surface area (Å²) < 4.78 is 45.5. The number of piperazine rings is 1. The standard InChI is InChI=1S/C35H41F3N10O3/c1-22-18-24(6-8-26(22)34(51)46-14-12-45(13-15-46)33(50)23-10-16-48(4,5)17-11-23)42-32(49)31-41-20-28(44(31)3)27-21-47(43-30(27)35(36,37)38)29-9-7-25(39-2)19-40-29/h6-9,18-21,23,39H,10-17H2,1-5H3/p+1. The smallest absolute Gasteiger partial charge is 0.387 e. The average Bonchev–Trinajstić information content (AvgIpc) is 3.72. The molecule has 1 aromatic carbocycles. The number of benzene rings is 1. The Kier molecular flexibility index (Phi) is 9.63. The van der Waals surface area contributed by atoms with E-state index in [0.717, 1.165) is 35.1 Å². The molecule has 3 aromatic heterocycles. The number of quaternary nitrogens is 1. The van der Waals surface area contributed by atoms with Crippen LogP contribution in [-0.2, 0) is 18.0 Å². The van der Waals surface area contributed by atoms with E-state index in [-0.39, 0.29) is 40.6 Å². The Morgan fingerprint density at radius 2 is 1.59 bits per heavy atom. The highest BCUT2D eigenvalue weighted by atomic mass is 19.4. The molecule has 2 fully saturated rings. The van der Waals surface area contributed by atoms with Crippen molar-refractivity contribution in [1.29, 1.82) is 0 Å². The Morgan fingerprint density at radius 3 is 2.20 bits per heavy atom. The van der Waals surface area contributed by atoms with Crippen molar-refractivity contribution in [2.75, 3.05) is 71.0 Å². The molecule has 0 bridgehead atoms. The zero-order chi connectivity index (χ0) is 36.7. The molecule has 2 aliphatic rings. The second-order valence-corrected chi connectivity index (χ2v) is 13.8. The lowest BCUT2D eigenvalue weighted by Crippen LogP contribution is -2.54. The number of anilines is 2. The number of rotatable bonds is 7. The molecule has 13 nitrogen and oxygen atoms in total. The monoisotopic (exact) mass is 707 g/mol. The fourth-order valence-electron chi connectivity index (χ4n) is 6.67. The van der Waals surface area contributed by atoms with E-state index in [0.29, 0.717) is 48.7 Å². The predicted octanol–water partition coefficient (Wildman–Crippen LogP) is 4.06. The normalized spacial score (nSPS) is 16.6. The molecule has 16 heteroatoms. The summed E-state index contributed by atoms with van der Waals surface area (Å²) in [6.45, 7) is 5.58. The quantitative estimate of drug-likeness (QED) is 0.277. The van der Waals surface area contributed by atoms with Gasteiger partial charge in [0.15, 0.2) is 17.3 Å². The van der Waals surface area contributed by atoms with Gasteiger partial charge in [0.2, 0.25) is 5.91 Å². The van der Waals surface area contributed by atoms with Gasteiger partial charge in [-0.15, -0.1) is 0 Å². The van der Waals surface area contributed by atoms with Gasteiger partial charge >= 0.3 is 6.18 Å². The predicted molar refractivity (Wildman–Crippen MR) is 184 cm³/mol. The number of hydrogen-bond acceptors (Lipinski definition) is 7. The molecule has 4 aromatic rings. The lowest BCUT2D eigenvalue weighted by Gasteiger charge is -2.40. The molecule has 2 aliphatic heterocycles. The molecule has 0 atom stereocenters. The molecular weight excluding hydrogens is 665 g/mol. The van der Waals surface area contributed by atoms with E-state index in [9.17, 15) is 27.6 Å². The lowest BCUT2D eigenvalue weighted by atomic mass is 9.94. The van der Waals surface area contributed by atoms with Gasteiger partial charge in [-0.3, -0.25) is 14.4 Å². The minimum atomic E-state index is -4.79. The van der Waals surface area contributed by atoms with Crippen LogP contribution in [0.3, 0.4) is 0 Å². The number of likely N-dealkylation sites (tertiary alicyclic amines) is 1. The van der Waals surface area contributed by atoms with E-state index < -0.39 is 17.8 Å². The molecular formula is C35H42F3N10O3+. The zero-order valence-electron chi connectivity index (χ0n) is 29.3. The summed E-state index contributed by atoms with van der Waals surface area (Å²) >= 11 is 0. The zero-order valence-corrected chi connectivity index (χ0v) is 29.3. The highest BCUT2D eigenvalue weighted by Crippen LogP contribution is 2.37. The number of alkyl halides is 3. The Morgan fingerprint density at radius 1 is 0.922 bits per heavy atom. The molecule has 2 N–H and O–H groups in total. The van der Waals surface area contributed by atoms with Crippen molar-refractivity contribution in [2.24, 2.45) is 13.0 Å². The topological polar surface area (TPSA) is 130 Å². The van der Waals surface area contributed by atoms with Crippen LogP contribution in [0.25, 0.3) is 17.1 Å². The van der Waals surface area contributed by atoms with Crippen molar-refractivity contribution >= 4 is 29.1 Å². The minimum absolute atomic E-state index is 0.0337. The van der Waals surface area contributed by atoms with Crippen LogP contribution in [0.1, 0.15) is 45.1 Å². The van der Waals surface area contributed by atoms with Crippen LogP contribution in [0.2, 0.25) is 0 Å². The Balaban J connectivity index is 1.11. The van der Waals surface area contributed by atoms with Crippen LogP contribution in [0.4, 0.5) is 24.5 Å². The van der Waals surface area contributed by atoms with Crippen LogP contribution >= 0.6 is 0 Å². The number of nitrogens with zero attached hydrogens (tertiary/aromatic N) is 8. The third-order valence-corrected chi connectivity index (χ3v) is 9.83. The SMILES string of the molecule is CNc1ccc(-n2cc(-c3cnc(C(=O)Nc4ccc(C(=O)N5CCN(C(=O)C6CC[N+](C)(C)CC6)CC5)c(C)c4)n3C)c(C(F)(F)F)n2)nc1. The van der Waals surface area contributed by atoms with Crippen molar-refractivity contribution in [3.05, 3.63) is 71.6 Å². The number of pyridine rings is 1. The summed E-state index contributed by atoms with van der Waals surface area (Å²) in [5.74, 6) is -0.517. The van der Waals surface area contributed by atoms with Gasteiger partial charge < -0.3 is 29.5 Å². The fourth-order valence-corrected chi connectivity index (χ4v) is 6.67. The largest absolute Gasteiger partial charge is 0.435 e. The summed E-state index contributed by atoms with van der Waals surface area (Å²) in [5.41, 5.74) is 0.812. The van der Waals surface area contributed by atoms with E-state index in [4.69, 9.17) is 0 Å². The molecule has 5 heterocycles. The summed E-state index contributed by atoms with van der Waals surface area (Å²) in [7, 11) is 7.52. The number of carbonyl (C=O) groups excluding carboxylic acids is 3. The summed E-state index contributed by atoms with van der Waals surface area (Å²) in [6, 6.07) is 8.10. The van der Waals surface area contributed by atoms with Gasteiger partial charge in [-0.2, -0.15) is 18.3 Å². The summed E-state index contributed by atoms with van der Waals surface area (Å²) in [4.78, 5) is 51.8. The van der Waals surface area contributed by atoms with Gasteiger partial charge in [-0.05, 0) is 42.8 Å². The second-order valence-electron chi connectivity index (χ2n) is 13.8. The van der Waals surface area contributed by atoms with Gasteiger partial charge in [0.05, 0.1) is 56.5 Å². The molecule has 270 valence electrons. The van der Waals surface area contributed by atoms with E-state index >= 15 is 0 Å². The number of piperidine rings is 1. The molecule has 0 spiro atoms. The number of hydrogen-bond donors (Lipinski definition) is 2. The van der Waals surface area contributed by atoms with Crippen LogP contribution in [0.5, 0.6) is 0 Å². The van der Waals surface area contributed by atoms with Gasteiger partial charge in [0.25, 0.3) is 11.8 Å². The number of carbonyl (C=O) groups is 3. The maximum atomic E-state index is 14.1. The van der Waals surface area contributed by atoms with Crippen molar-refractivity contribution in [3.63, 3.8) is 0 Å². The lowest BCUT2D eigenvalue weighted by molar-refractivity contribution is -0.895. The molecule has 0 aliphatic carbocycles. The molecule has 51 heavy (non-hydrogen) atoms.